The van der Waals surface area contributed by atoms with Gasteiger partial charge in [-0.05, 0) is 55.7 Å². The molecule has 0 aromatic heterocycles. The molecule has 1 aromatic rings. The maximum atomic E-state index is 13.5. The van der Waals surface area contributed by atoms with Crippen molar-refractivity contribution >= 4 is 11.8 Å². The van der Waals surface area contributed by atoms with Crippen LogP contribution in [0.4, 0.5) is 8.78 Å². The number of hydrogen-bond acceptors (Lipinski definition) is 2. The van der Waals surface area contributed by atoms with Gasteiger partial charge in [-0.1, -0.05) is 13.3 Å². The fraction of sp³-hybridized carbons (Fsp3) is 0.600. The molecule has 1 aliphatic rings. The summed E-state index contributed by atoms with van der Waals surface area (Å²) in [5, 5.41) is 3.52. The van der Waals surface area contributed by atoms with Crippen LogP contribution in [0, 0.1) is 17.6 Å². The molecule has 0 saturated heterocycles. The minimum Gasteiger partial charge on any atom is -0.314 e. The number of rotatable bonds is 6. The molecular formula is C15H21F2NS. The predicted octanol–water partition coefficient (Wildman–Crippen LogP) is 4.23. The van der Waals surface area contributed by atoms with Gasteiger partial charge in [-0.2, -0.15) is 0 Å². The highest BCUT2D eigenvalue weighted by atomic mass is 32.2. The summed E-state index contributed by atoms with van der Waals surface area (Å²) in [5.74, 6) is 0.854. The van der Waals surface area contributed by atoms with E-state index in [9.17, 15) is 8.78 Å². The van der Waals surface area contributed by atoms with Crippen LogP contribution in [0.2, 0.25) is 0 Å². The second-order valence-electron chi connectivity index (χ2n) is 5.07. The maximum absolute atomic E-state index is 13.5. The first-order chi connectivity index (χ1) is 9.20. The lowest BCUT2D eigenvalue weighted by Gasteiger charge is -2.20. The summed E-state index contributed by atoms with van der Waals surface area (Å²) in [6, 6.07) is 4.27. The number of hydrogen-bond donors (Lipinski definition) is 1. The van der Waals surface area contributed by atoms with Crippen molar-refractivity contribution in [3.05, 3.63) is 29.8 Å². The third kappa shape index (κ3) is 4.18. The van der Waals surface area contributed by atoms with Crippen molar-refractivity contribution in [2.75, 3.05) is 12.3 Å². The Hall–Kier alpha value is -0.610. The third-order valence-corrected chi connectivity index (χ3v) is 4.83. The Morgan fingerprint density at radius 2 is 2.16 bits per heavy atom. The average molecular weight is 285 g/mol. The summed E-state index contributed by atoms with van der Waals surface area (Å²) in [7, 11) is 0. The van der Waals surface area contributed by atoms with E-state index in [1.807, 2.05) is 0 Å². The van der Waals surface area contributed by atoms with Crippen molar-refractivity contribution in [3.63, 3.8) is 0 Å². The Balaban J connectivity index is 1.81. The summed E-state index contributed by atoms with van der Waals surface area (Å²) in [6.45, 7) is 3.14. The van der Waals surface area contributed by atoms with Crippen LogP contribution in [0.5, 0.6) is 0 Å². The largest absolute Gasteiger partial charge is 0.314 e. The van der Waals surface area contributed by atoms with Crippen LogP contribution < -0.4 is 5.32 Å². The van der Waals surface area contributed by atoms with E-state index in [0.717, 1.165) is 24.8 Å². The highest BCUT2D eigenvalue weighted by molar-refractivity contribution is 7.99. The molecule has 2 rings (SSSR count). The van der Waals surface area contributed by atoms with Gasteiger partial charge in [-0.25, -0.2) is 8.78 Å². The third-order valence-electron chi connectivity index (χ3n) is 3.76. The van der Waals surface area contributed by atoms with Crippen LogP contribution in [0.15, 0.2) is 23.1 Å². The second kappa shape index (κ2) is 7.25. The van der Waals surface area contributed by atoms with Gasteiger partial charge in [0.15, 0.2) is 0 Å². The fourth-order valence-electron chi connectivity index (χ4n) is 2.82. The Kier molecular flexibility index (Phi) is 5.64. The molecule has 1 N–H and O–H groups in total. The number of halogens is 2. The molecular weight excluding hydrogens is 264 g/mol. The van der Waals surface area contributed by atoms with Crippen molar-refractivity contribution < 1.29 is 8.78 Å². The number of nitrogens with one attached hydrogen (secondary N) is 1. The lowest BCUT2D eigenvalue weighted by atomic mass is 10.0. The van der Waals surface area contributed by atoms with Crippen molar-refractivity contribution in [2.24, 2.45) is 5.92 Å². The molecule has 1 saturated carbocycles. The van der Waals surface area contributed by atoms with Crippen LogP contribution >= 0.6 is 11.8 Å². The van der Waals surface area contributed by atoms with Crippen LogP contribution in [-0.2, 0) is 0 Å². The summed E-state index contributed by atoms with van der Waals surface area (Å²) < 4.78 is 26.5. The van der Waals surface area contributed by atoms with Gasteiger partial charge in [0.1, 0.15) is 11.6 Å². The highest BCUT2D eigenvalue weighted by Crippen LogP contribution is 2.31. The van der Waals surface area contributed by atoms with Crippen LogP contribution in [0.3, 0.4) is 0 Å². The second-order valence-corrected chi connectivity index (χ2v) is 6.20. The molecule has 0 heterocycles. The number of benzene rings is 1. The Morgan fingerprint density at radius 3 is 2.95 bits per heavy atom. The molecule has 0 bridgehead atoms. The van der Waals surface area contributed by atoms with E-state index in [4.69, 9.17) is 0 Å². The Bertz CT molecular complexity index is 411. The van der Waals surface area contributed by atoms with Gasteiger partial charge < -0.3 is 5.32 Å². The molecule has 0 amide bonds. The minimum atomic E-state index is -0.365. The number of thioether (sulfide) groups is 1. The molecule has 2 unspecified atom stereocenters. The van der Waals surface area contributed by atoms with E-state index < -0.39 is 0 Å². The first-order valence-electron chi connectivity index (χ1n) is 7.02. The Labute approximate surface area is 118 Å². The summed E-state index contributed by atoms with van der Waals surface area (Å²) >= 11 is 1.43. The fourth-order valence-corrected chi connectivity index (χ4v) is 3.86. The van der Waals surface area contributed by atoms with E-state index in [1.54, 1.807) is 0 Å². The minimum absolute atomic E-state index is 0.318. The molecule has 1 fully saturated rings. The monoisotopic (exact) mass is 285 g/mol. The van der Waals surface area contributed by atoms with Gasteiger partial charge in [0.2, 0.25) is 0 Å². The molecule has 0 aliphatic heterocycles. The molecule has 0 spiro atoms. The van der Waals surface area contributed by atoms with E-state index in [1.165, 1.54) is 43.2 Å². The Morgan fingerprint density at radius 1 is 1.32 bits per heavy atom. The SMILES string of the molecule is CCNC1CCCC1CCSc1cc(F)ccc1F. The molecule has 2 atom stereocenters. The van der Waals surface area contributed by atoms with Crippen molar-refractivity contribution in [1.29, 1.82) is 0 Å². The van der Waals surface area contributed by atoms with Gasteiger partial charge in [0.25, 0.3) is 0 Å². The van der Waals surface area contributed by atoms with Gasteiger partial charge >= 0.3 is 0 Å². The zero-order valence-corrected chi connectivity index (χ0v) is 12.1. The maximum Gasteiger partial charge on any atom is 0.136 e. The van der Waals surface area contributed by atoms with Crippen molar-refractivity contribution in [3.8, 4) is 0 Å². The lowest BCUT2D eigenvalue weighted by Crippen LogP contribution is -2.32. The quantitative estimate of drug-likeness (QED) is 0.785. The normalized spacial score (nSPS) is 22.9. The van der Waals surface area contributed by atoms with E-state index >= 15 is 0 Å². The van der Waals surface area contributed by atoms with Gasteiger partial charge in [-0.15, -0.1) is 11.8 Å². The van der Waals surface area contributed by atoms with Crippen LogP contribution in [-0.4, -0.2) is 18.3 Å². The van der Waals surface area contributed by atoms with Gasteiger partial charge in [-0.3, -0.25) is 0 Å². The molecule has 106 valence electrons. The molecule has 4 heteroatoms. The molecule has 0 radical (unpaired) electrons. The van der Waals surface area contributed by atoms with Gasteiger partial charge in [0.05, 0.1) is 0 Å². The first-order valence-corrected chi connectivity index (χ1v) is 8.00. The molecule has 1 aliphatic carbocycles. The van der Waals surface area contributed by atoms with E-state index in [0.29, 0.717) is 16.9 Å². The van der Waals surface area contributed by atoms with Crippen LogP contribution in [0.1, 0.15) is 32.6 Å². The summed E-state index contributed by atoms with van der Waals surface area (Å²) in [5.41, 5.74) is 0. The molecule has 1 nitrogen and oxygen atoms in total. The van der Waals surface area contributed by atoms with Crippen LogP contribution in [0.25, 0.3) is 0 Å². The lowest BCUT2D eigenvalue weighted by molar-refractivity contribution is 0.400. The summed E-state index contributed by atoms with van der Waals surface area (Å²) in [6.07, 6.45) is 4.85. The smallest absolute Gasteiger partial charge is 0.136 e. The van der Waals surface area contributed by atoms with Crippen molar-refractivity contribution in [2.45, 2.75) is 43.5 Å². The van der Waals surface area contributed by atoms with E-state index in [-0.39, 0.29) is 11.6 Å². The zero-order valence-electron chi connectivity index (χ0n) is 11.3. The van der Waals surface area contributed by atoms with Gasteiger partial charge in [0, 0.05) is 10.9 Å². The predicted molar refractivity (Wildman–Crippen MR) is 76.5 cm³/mol. The average Bonchev–Trinajstić information content (AvgIpc) is 2.82. The summed E-state index contributed by atoms with van der Waals surface area (Å²) in [4.78, 5) is 0.429. The zero-order chi connectivity index (χ0) is 13.7. The first kappa shape index (κ1) is 14.8. The molecule has 1 aromatic carbocycles. The highest BCUT2D eigenvalue weighted by Gasteiger charge is 2.25. The standard InChI is InChI=1S/C15H21F2NS/c1-2-18-14-5-3-4-11(14)8-9-19-15-10-12(16)6-7-13(15)17/h6-7,10-11,14,18H,2-5,8-9H2,1H3. The van der Waals surface area contributed by atoms with Crippen molar-refractivity contribution in [1.82, 2.24) is 5.32 Å². The topological polar surface area (TPSA) is 12.0 Å². The van der Waals surface area contributed by atoms with E-state index in [2.05, 4.69) is 12.2 Å². The molecule has 19 heavy (non-hydrogen) atoms.